The number of rotatable bonds is 7. The van der Waals surface area contributed by atoms with Crippen LogP contribution in [-0.2, 0) is 4.79 Å². The normalized spacial score (nSPS) is 16.2. The minimum Gasteiger partial charge on any atom is -0.372 e. The fourth-order valence-corrected chi connectivity index (χ4v) is 5.15. The molecule has 0 radical (unpaired) electrons. The van der Waals surface area contributed by atoms with Crippen LogP contribution in [0.4, 0.5) is 17.1 Å². The summed E-state index contributed by atoms with van der Waals surface area (Å²) in [6.45, 7) is 4.83. The van der Waals surface area contributed by atoms with E-state index in [4.69, 9.17) is 0 Å². The van der Waals surface area contributed by atoms with Crippen LogP contribution in [0, 0.1) is 0 Å². The monoisotopic (exact) mass is 494 g/mol. The van der Waals surface area contributed by atoms with Crippen molar-refractivity contribution in [3.8, 4) is 0 Å². The molecular weight excluding hydrogens is 460 g/mol. The summed E-state index contributed by atoms with van der Waals surface area (Å²) in [5.74, 6) is -0.303. The van der Waals surface area contributed by atoms with E-state index in [0.717, 1.165) is 42.0 Å². The minimum atomic E-state index is -0.170. The van der Waals surface area contributed by atoms with Crippen LogP contribution in [0.5, 0.6) is 0 Å². The number of hydrogen-bond acceptors (Lipinski definition) is 4. The smallest absolute Gasteiger partial charge is 0.258 e. The van der Waals surface area contributed by atoms with Crippen molar-refractivity contribution in [2.75, 3.05) is 41.8 Å². The first-order valence-corrected chi connectivity index (χ1v) is 13.2. The van der Waals surface area contributed by atoms with Crippen LogP contribution in [0.1, 0.15) is 54.1 Å². The van der Waals surface area contributed by atoms with Crippen LogP contribution < -0.4 is 20.4 Å². The van der Waals surface area contributed by atoms with E-state index >= 15 is 0 Å². The molecule has 1 saturated heterocycles. The molecule has 0 aliphatic carbocycles. The fraction of sp³-hybridized carbons (Fsp3) is 0.290. The molecule has 3 aromatic carbocycles. The van der Waals surface area contributed by atoms with E-state index in [1.165, 1.54) is 24.9 Å². The molecule has 2 aliphatic heterocycles. The molecule has 2 amide bonds. The predicted octanol–water partition coefficient (Wildman–Crippen LogP) is 5.77. The summed E-state index contributed by atoms with van der Waals surface area (Å²) < 4.78 is 0. The number of anilines is 3. The summed E-state index contributed by atoms with van der Waals surface area (Å²) in [5.41, 5.74) is 6.52. The third-order valence-corrected chi connectivity index (χ3v) is 7.14. The van der Waals surface area contributed by atoms with Crippen LogP contribution in [0.25, 0.3) is 11.3 Å². The third-order valence-electron chi connectivity index (χ3n) is 7.14. The van der Waals surface area contributed by atoms with Gasteiger partial charge in [0.2, 0.25) is 0 Å². The largest absolute Gasteiger partial charge is 0.372 e. The molecule has 0 unspecified atom stereocenters. The molecule has 3 aromatic rings. The minimum absolute atomic E-state index is 0.133. The number of nitrogens with zero attached hydrogens (tertiary/aromatic N) is 2. The number of hydrogen-bond donors (Lipinski definition) is 2. The Morgan fingerprint density at radius 1 is 0.946 bits per heavy atom. The average molecular weight is 495 g/mol. The van der Waals surface area contributed by atoms with Crippen LogP contribution >= 0.6 is 0 Å². The van der Waals surface area contributed by atoms with E-state index < -0.39 is 0 Å². The quantitative estimate of drug-likeness (QED) is 0.409. The predicted molar refractivity (Wildman–Crippen MR) is 152 cm³/mol. The Labute approximate surface area is 219 Å². The highest BCUT2D eigenvalue weighted by molar-refractivity contribution is 6.37. The summed E-state index contributed by atoms with van der Waals surface area (Å²) in [5, 5.41) is 5.94. The molecule has 0 aromatic heterocycles. The van der Waals surface area contributed by atoms with Crippen molar-refractivity contribution < 1.29 is 9.59 Å². The van der Waals surface area contributed by atoms with Gasteiger partial charge in [0.05, 0.1) is 11.3 Å². The molecule has 190 valence electrons. The van der Waals surface area contributed by atoms with Crippen LogP contribution in [0.15, 0.2) is 72.8 Å². The van der Waals surface area contributed by atoms with Gasteiger partial charge in [0.15, 0.2) is 0 Å². The van der Waals surface area contributed by atoms with Gasteiger partial charge in [-0.1, -0.05) is 37.3 Å². The zero-order chi connectivity index (χ0) is 25.8. The second-order valence-electron chi connectivity index (χ2n) is 9.68. The second kappa shape index (κ2) is 10.9. The molecule has 0 atom stereocenters. The zero-order valence-electron chi connectivity index (χ0n) is 21.6. The van der Waals surface area contributed by atoms with Crippen LogP contribution in [0.3, 0.4) is 0 Å². The van der Waals surface area contributed by atoms with E-state index in [2.05, 4.69) is 44.7 Å². The van der Waals surface area contributed by atoms with Gasteiger partial charge in [-0.3, -0.25) is 9.59 Å². The van der Waals surface area contributed by atoms with Gasteiger partial charge < -0.3 is 20.4 Å². The van der Waals surface area contributed by atoms with Crippen LogP contribution in [-0.4, -0.2) is 38.5 Å². The number of piperidine rings is 1. The number of amides is 2. The van der Waals surface area contributed by atoms with Crippen molar-refractivity contribution in [1.29, 1.82) is 0 Å². The molecule has 2 heterocycles. The lowest BCUT2D eigenvalue weighted by molar-refractivity contribution is -0.110. The highest BCUT2D eigenvalue weighted by atomic mass is 16.2. The molecular formula is C31H34N4O2. The molecule has 37 heavy (non-hydrogen) atoms. The summed E-state index contributed by atoms with van der Waals surface area (Å²) in [6, 6.07) is 23.9. The highest BCUT2D eigenvalue weighted by Gasteiger charge is 2.31. The molecule has 6 nitrogen and oxygen atoms in total. The lowest BCUT2D eigenvalue weighted by atomic mass is 9.97. The summed E-state index contributed by atoms with van der Waals surface area (Å²) in [6.07, 6.45) is 4.63. The van der Waals surface area contributed by atoms with E-state index in [1.54, 1.807) is 6.07 Å². The molecule has 1 fully saturated rings. The van der Waals surface area contributed by atoms with Gasteiger partial charge in [-0.15, -0.1) is 0 Å². The van der Waals surface area contributed by atoms with Crippen molar-refractivity contribution in [3.63, 3.8) is 0 Å². The van der Waals surface area contributed by atoms with E-state index in [9.17, 15) is 9.59 Å². The topological polar surface area (TPSA) is 64.7 Å². The van der Waals surface area contributed by atoms with Gasteiger partial charge in [0.25, 0.3) is 11.8 Å². The Kier molecular flexibility index (Phi) is 7.26. The zero-order valence-corrected chi connectivity index (χ0v) is 21.6. The Bertz CT molecular complexity index is 1310. The average Bonchev–Trinajstić information content (AvgIpc) is 3.27. The SMILES string of the molecule is CCCNC(=O)c1ccc2c(c1)/C(=C(\c1ccccc1)N(C)c1ccc(N3CCCCC3)cc1)C(=O)N2. The first-order chi connectivity index (χ1) is 18.1. The number of nitrogens with one attached hydrogen (secondary N) is 2. The lowest BCUT2D eigenvalue weighted by Gasteiger charge is -2.30. The number of carbonyl (C=O) groups is 2. The molecule has 5 rings (SSSR count). The Hall–Kier alpha value is -4.06. The molecule has 0 bridgehead atoms. The van der Waals surface area contributed by atoms with Crippen LogP contribution in [0.2, 0.25) is 0 Å². The first kappa shape index (κ1) is 24.6. The molecule has 2 aliphatic rings. The van der Waals surface area contributed by atoms with E-state index in [-0.39, 0.29) is 11.8 Å². The Morgan fingerprint density at radius 2 is 1.68 bits per heavy atom. The lowest BCUT2D eigenvalue weighted by Crippen LogP contribution is -2.29. The van der Waals surface area contributed by atoms with Gasteiger partial charge in [0.1, 0.15) is 0 Å². The van der Waals surface area contributed by atoms with Gasteiger partial charge >= 0.3 is 0 Å². The van der Waals surface area contributed by atoms with Crippen molar-refractivity contribution in [3.05, 3.63) is 89.5 Å². The fourth-order valence-electron chi connectivity index (χ4n) is 5.15. The van der Waals surface area contributed by atoms with Crippen molar-refractivity contribution in [1.82, 2.24) is 5.32 Å². The standard InChI is InChI=1S/C31H34N4O2/c1-3-18-32-30(36)23-12-17-27-26(21-23)28(31(37)33-27)29(22-10-6-4-7-11-22)34(2)24-13-15-25(16-14-24)35-19-8-5-9-20-35/h4,6-7,10-17,21H,3,5,8-9,18-20H2,1-2H3,(H,32,36)(H,33,37)/b29-28-. The first-order valence-electron chi connectivity index (χ1n) is 13.2. The summed E-state index contributed by atoms with van der Waals surface area (Å²) in [4.78, 5) is 30.6. The number of benzene rings is 3. The number of fused-ring (bicyclic) bond motifs is 1. The van der Waals surface area contributed by atoms with Crippen molar-refractivity contribution in [2.45, 2.75) is 32.6 Å². The summed E-state index contributed by atoms with van der Waals surface area (Å²) in [7, 11) is 1.99. The van der Waals surface area contributed by atoms with Crippen molar-refractivity contribution >= 4 is 40.1 Å². The maximum Gasteiger partial charge on any atom is 0.258 e. The number of carbonyl (C=O) groups excluding carboxylic acids is 2. The van der Waals surface area contributed by atoms with Gasteiger partial charge in [-0.2, -0.15) is 0 Å². The van der Waals surface area contributed by atoms with Gasteiger partial charge in [-0.05, 0) is 73.7 Å². The molecule has 0 spiro atoms. The molecule has 6 heteroatoms. The Morgan fingerprint density at radius 3 is 2.38 bits per heavy atom. The van der Waals surface area contributed by atoms with E-state index in [0.29, 0.717) is 23.4 Å². The maximum atomic E-state index is 13.4. The van der Waals surface area contributed by atoms with E-state index in [1.807, 2.05) is 56.4 Å². The second-order valence-corrected chi connectivity index (χ2v) is 9.68. The highest BCUT2D eigenvalue weighted by Crippen LogP contribution is 2.40. The summed E-state index contributed by atoms with van der Waals surface area (Å²) >= 11 is 0. The Balaban J connectivity index is 1.57. The van der Waals surface area contributed by atoms with Crippen molar-refractivity contribution in [2.24, 2.45) is 0 Å². The molecule has 2 N–H and O–H groups in total. The maximum absolute atomic E-state index is 13.4. The molecule has 0 saturated carbocycles. The van der Waals surface area contributed by atoms with Gasteiger partial charge in [-0.25, -0.2) is 0 Å². The van der Waals surface area contributed by atoms with Gasteiger partial charge in [0, 0.05) is 54.9 Å². The third kappa shape index (κ3) is 5.10.